The maximum atomic E-state index is 13.0. The van der Waals surface area contributed by atoms with Gasteiger partial charge in [-0.05, 0) is 74.0 Å². The van der Waals surface area contributed by atoms with E-state index in [1.54, 1.807) is 58.8 Å². The van der Waals surface area contributed by atoms with E-state index in [4.69, 9.17) is 14.1 Å². The third-order valence-corrected chi connectivity index (χ3v) is 10.1. The zero-order valence-electron chi connectivity index (χ0n) is 24.7. The van der Waals surface area contributed by atoms with Gasteiger partial charge in [0.25, 0.3) is 5.91 Å². The lowest BCUT2D eigenvalue weighted by atomic mass is 9.91. The van der Waals surface area contributed by atoms with Crippen LogP contribution in [-0.4, -0.2) is 83.0 Å². The Morgan fingerprint density at radius 1 is 1.05 bits per heavy atom. The van der Waals surface area contributed by atoms with Crippen LogP contribution in [0.3, 0.4) is 0 Å². The predicted molar refractivity (Wildman–Crippen MR) is 162 cm³/mol. The fourth-order valence-corrected chi connectivity index (χ4v) is 7.15. The second kappa shape index (κ2) is 17.2. The fourth-order valence-electron chi connectivity index (χ4n) is 4.54. The van der Waals surface area contributed by atoms with Crippen LogP contribution in [-0.2, 0) is 23.9 Å². The molecule has 11 nitrogen and oxygen atoms in total. The number of nitrogens with zero attached hydrogens (tertiary/aromatic N) is 4. The van der Waals surface area contributed by atoms with Gasteiger partial charge in [-0.3, -0.25) is 19.2 Å². The van der Waals surface area contributed by atoms with Crippen molar-refractivity contribution in [3.05, 3.63) is 34.4 Å². The van der Waals surface area contributed by atoms with Gasteiger partial charge in [-0.25, -0.2) is 4.63 Å². The number of carbonyl (C=O) groups excluding carboxylic acids is 4. The van der Waals surface area contributed by atoms with Crippen molar-refractivity contribution in [2.75, 3.05) is 26.5 Å². The van der Waals surface area contributed by atoms with Crippen molar-refractivity contribution in [3.8, 4) is 0 Å². The smallest absolute Gasteiger partial charge is 0.306 e. The number of aromatic nitrogens is 2. The molecule has 1 aromatic carbocycles. The van der Waals surface area contributed by atoms with Crippen LogP contribution in [0.1, 0.15) is 82.0 Å². The van der Waals surface area contributed by atoms with E-state index in [1.807, 2.05) is 6.92 Å². The van der Waals surface area contributed by atoms with Crippen LogP contribution >= 0.6 is 21.6 Å². The number of esters is 2. The van der Waals surface area contributed by atoms with Gasteiger partial charge in [0, 0.05) is 61.3 Å². The largest absolute Gasteiger partial charge is 0.465 e. The third kappa shape index (κ3) is 10.0. The quantitative estimate of drug-likeness (QED) is 0.104. The second-order valence-corrected chi connectivity index (χ2v) is 12.8. The number of carbonyl (C=O) groups is 4. The first-order valence-electron chi connectivity index (χ1n) is 14.2. The zero-order chi connectivity index (χ0) is 30.5. The molecule has 2 aromatic rings. The first-order chi connectivity index (χ1) is 20.2. The standard InChI is InChI=1S/C29H40N4O7S2/c1-5-17-41-42-26(20(2)32(3)19-34)15-16-38-27(35)7-6-8-28(36)39-23-12-10-22(11-13-23)33(4)29(37)21-9-14-24-25(18-21)31-40-30-24/h9,14,18-19,22-23H,5-8,10-13,15-17H2,1-4H3/b26-20-. The molecule has 3 rings (SSSR count). The first kappa shape index (κ1) is 33.4. The van der Waals surface area contributed by atoms with Gasteiger partial charge in [0.15, 0.2) is 0 Å². The number of benzene rings is 1. The van der Waals surface area contributed by atoms with Crippen molar-refractivity contribution in [3.63, 3.8) is 0 Å². The maximum Gasteiger partial charge on any atom is 0.306 e. The van der Waals surface area contributed by atoms with Crippen molar-refractivity contribution in [2.24, 2.45) is 0 Å². The Hall–Kier alpha value is -3.06. The summed E-state index contributed by atoms with van der Waals surface area (Å²) in [4.78, 5) is 52.9. The number of amides is 2. The molecular weight excluding hydrogens is 580 g/mol. The number of rotatable bonds is 16. The summed E-state index contributed by atoms with van der Waals surface area (Å²) >= 11 is 0. The fraction of sp³-hybridized carbons (Fsp3) is 0.586. The van der Waals surface area contributed by atoms with E-state index in [0.717, 1.165) is 42.0 Å². The number of ether oxygens (including phenoxy) is 2. The molecule has 1 aliphatic rings. The summed E-state index contributed by atoms with van der Waals surface area (Å²) in [6.45, 7) is 4.20. The molecule has 0 spiro atoms. The van der Waals surface area contributed by atoms with Gasteiger partial charge in [-0.1, -0.05) is 28.5 Å². The number of allylic oxidation sites excluding steroid dienone is 1. The minimum Gasteiger partial charge on any atom is -0.465 e. The number of fused-ring (bicyclic) bond motifs is 1. The normalized spacial score (nSPS) is 17.3. The molecule has 0 atom stereocenters. The molecule has 1 heterocycles. The molecular formula is C29H40N4O7S2. The van der Waals surface area contributed by atoms with Gasteiger partial charge >= 0.3 is 11.9 Å². The van der Waals surface area contributed by atoms with Crippen LogP contribution in [0, 0.1) is 0 Å². The highest BCUT2D eigenvalue weighted by molar-refractivity contribution is 8.78. The zero-order valence-corrected chi connectivity index (χ0v) is 26.3. The minimum absolute atomic E-state index is 0.0509. The molecule has 0 radical (unpaired) electrons. The highest BCUT2D eigenvalue weighted by Crippen LogP contribution is 2.35. The van der Waals surface area contributed by atoms with E-state index < -0.39 is 0 Å². The molecule has 1 aliphatic carbocycles. The van der Waals surface area contributed by atoms with Crippen LogP contribution in [0.25, 0.3) is 11.0 Å². The highest BCUT2D eigenvalue weighted by atomic mass is 33.1. The molecule has 42 heavy (non-hydrogen) atoms. The van der Waals surface area contributed by atoms with Gasteiger partial charge in [0.1, 0.15) is 17.1 Å². The topological polar surface area (TPSA) is 132 Å². The van der Waals surface area contributed by atoms with E-state index in [-0.39, 0.29) is 49.4 Å². The summed E-state index contributed by atoms with van der Waals surface area (Å²) in [6, 6.07) is 5.15. The van der Waals surface area contributed by atoms with Crippen LogP contribution in [0.4, 0.5) is 0 Å². The third-order valence-electron chi connectivity index (χ3n) is 7.20. The molecule has 0 N–H and O–H groups in total. The Balaban J connectivity index is 1.32. The average Bonchev–Trinajstić information content (AvgIpc) is 3.47. The average molecular weight is 621 g/mol. The Morgan fingerprint density at radius 3 is 2.48 bits per heavy atom. The van der Waals surface area contributed by atoms with Crippen LogP contribution in [0.5, 0.6) is 0 Å². The lowest BCUT2D eigenvalue weighted by Gasteiger charge is -2.34. The summed E-state index contributed by atoms with van der Waals surface area (Å²) < 4.78 is 15.7. The van der Waals surface area contributed by atoms with E-state index >= 15 is 0 Å². The number of hydrogen-bond acceptors (Lipinski definition) is 11. The molecule has 0 saturated heterocycles. The summed E-state index contributed by atoms with van der Waals surface area (Å²) in [6.07, 6.45) is 5.58. The Labute approximate surface area is 254 Å². The Kier molecular flexibility index (Phi) is 13.7. The minimum atomic E-state index is -0.359. The molecule has 0 aliphatic heterocycles. The highest BCUT2D eigenvalue weighted by Gasteiger charge is 2.29. The maximum absolute atomic E-state index is 13.0. The summed E-state index contributed by atoms with van der Waals surface area (Å²) in [5, 5.41) is 7.57. The van der Waals surface area contributed by atoms with E-state index in [2.05, 4.69) is 17.2 Å². The molecule has 1 saturated carbocycles. The summed E-state index contributed by atoms with van der Waals surface area (Å²) in [7, 11) is 6.80. The van der Waals surface area contributed by atoms with Crippen LogP contribution in [0.15, 0.2) is 33.4 Å². The van der Waals surface area contributed by atoms with E-state index in [1.165, 1.54) is 4.90 Å². The predicted octanol–water partition coefficient (Wildman–Crippen LogP) is 5.36. The van der Waals surface area contributed by atoms with E-state index in [9.17, 15) is 19.2 Å². The van der Waals surface area contributed by atoms with Gasteiger partial charge in [0.05, 0.1) is 6.61 Å². The van der Waals surface area contributed by atoms with Crippen molar-refractivity contribution in [1.82, 2.24) is 20.1 Å². The number of hydrogen-bond donors (Lipinski definition) is 0. The molecule has 0 bridgehead atoms. The SMILES string of the molecule is CCCSS/C(CCOC(=O)CCCC(=O)OC1CCC(N(C)C(=O)c2ccc3nonc3c2)CC1)=C(/C)N(C)C=O. The molecule has 13 heteroatoms. The lowest BCUT2D eigenvalue weighted by molar-refractivity contribution is -0.151. The van der Waals surface area contributed by atoms with Gasteiger partial charge in [0.2, 0.25) is 6.41 Å². The second-order valence-electron chi connectivity index (χ2n) is 10.3. The molecule has 230 valence electrons. The van der Waals surface area contributed by atoms with Crippen molar-refractivity contribution >= 4 is 56.9 Å². The van der Waals surface area contributed by atoms with Gasteiger partial charge < -0.3 is 19.3 Å². The summed E-state index contributed by atoms with van der Waals surface area (Å²) in [5.41, 5.74) is 2.50. The van der Waals surface area contributed by atoms with Crippen molar-refractivity contribution < 1.29 is 33.3 Å². The van der Waals surface area contributed by atoms with Crippen molar-refractivity contribution in [2.45, 2.75) is 83.8 Å². The molecule has 1 aromatic heterocycles. The van der Waals surface area contributed by atoms with Crippen LogP contribution in [0.2, 0.25) is 0 Å². The van der Waals surface area contributed by atoms with Gasteiger partial charge in [-0.15, -0.1) is 0 Å². The van der Waals surface area contributed by atoms with Gasteiger partial charge in [-0.2, -0.15) is 0 Å². The molecule has 2 amide bonds. The Bertz CT molecular complexity index is 1240. The molecule has 1 fully saturated rings. The Morgan fingerprint density at radius 2 is 1.76 bits per heavy atom. The first-order valence-corrected chi connectivity index (χ1v) is 16.6. The molecule has 0 unspecified atom stereocenters. The monoisotopic (exact) mass is 620 g/mol. The van der Waals surface area contributed by atoms with E-state index in [0.29, 0.717) is 42.3 Å². The van der Waals surface area contributed by atoms with Crippen LogP contribution < -0.4 is 0 Å². The lowest BCUT2D eigenvalue weighted by Crippen LogP contribution is -2.41. The summed E-state index contributed by atoms with van der Waals surface area (Å²) in [5.74, 6) is 0.201. The van der Waals surface area contributed by atoms with Crippen molar-refractivity contribution in [1.29, 1.82) is 0 Å².